The summed E-state index contributed by atoms with van der Waals surface area (Å²) in [6.07, 6.45) is 4.27. The van der Waals surface area contributed by atoms with Crippen LogP contribution in [0.3, 0.4) is 0 Å². The molecule has 218 valence electrons. The van der Waals surface area contributed by atoms with Crippen molar-refractivity contribution in [2.75, 3.05) is 104 Å². The second-order valence-corrected chi connectivity index (χ2v) is 11.0. The lowest BCUT2D eigenvalue weighted by Gasteiger charge is -2.28. The maximum absolute atomic E-state index is 5.43. The summed E-state index contributed by atoms with van der Waals surface area (Å²) in [5.41, 5.74) is 9.76. The predicted octanol–water partition coefficient (Wildman–Crippen LogP) is 2.46. The third-order valence-corrected chi connectivity index (χ3v) is 8.12. The third kappa shape index (κ3) is 7.99. The van der Waals surface area contributed by atoms with Crippen LogP contribution in [0.1, 0.15) is 24.5 Å². The zero-order valence-electron chi connectivity index (χ0n) is 24.0. The van der Waals surface area contributed by atoms with Gasteiger partial charge in [0, 0.05) is 81.1 Å². The number of nitrogens with one attached hydrogen (secondary N) is 2. The average molecular weight is 551 g/mol. The highest BCUT2D eigenvalue weighted by Gasteiger charge is 2.21. The van der Waals surface area contributed by atoms with Crippen LogP contribution in [0.2, 0.25) is 0 Å². The number of piperidine rings is 1. The van der Waals surface area contributed by atoms with Crippen LogP contribution in [-0.2, 0) is 9.47 Å². The summed E-state index contributed by atoms with van der Waals surface area (Å²) >= 11 is 0. The Morgan fingerprint density at radius 2 is 1.65 bits per heavy atom. The SMILES string of the molecule is CN1CCC(c2cc3c(-c4cccc(NCCN5CCOCC5)n4)ccnc3[nH]2)CC1.NCCN1CCOCC1. The second kappa shape index (κ2) is 14.9. The number of anilines is 1. The van der Waals surface area contributed by atoms with Crippen molar-refractivity contribution in [2.45, 2.75) is 18.8 Å². The molecule has 4 N–H and O–H groups in total. The van der Waals surface area contributed by atoms with Gasteiger partial charge in [-0.1, -0.05) is 6.07 Å². The van der Waals surface area contributed by atoms with Gasteiger partial charge >= 0.3 is 0 Å². The highest BCUT2D eigenvalue weighted by Crippen LogP contribution is 2.33. The van der Waals surface area contributed by atoms with E-state index < -0.39 is 0 Å². The molecule has 10 nitrogen and oxygen atoms in total. The van der Waals surface area contributed by atoms with Crippen molar-refractivity contribution in [1.29, 1.82) is 0 Å². The molecule has 10 heteroatoms. The first-order valence-electron chi connectivity index (χ1n) is 14.9. The molecule has 0 amide bonds. The molecule has 0 spiro atoms. The normalized spacial score (nSPS) is 19.9. The van der Waals surface area contributed by atoms with Gasteiger partial charge in [0.2, 0.25) is 0 Å². The van der Waals surface area contributed by atoms with Gasteiger partial charge in [-0.15, -0.1) is 0 Å². The van der Waals surface area contributed by atoms with Crippen molar-refractivity contribution in [3.8, 4) is 11.3 Å². The smallest absolute Gasteiger partial charge is 0.138 e. The molecule has 0 aromatic carbocycles. The van der Waals surface area contributed by atoms with E-state index in [0.717, 1.165) is 120 Å². The fourth-order valence-corrected chi connectivity index (χ4v) is 5.67. The maximum atomic E-state index is 5.43. The number of likely N-dealkylation sites (tertiary alicyclic amines) is 1. The molecule has 0 unspecified atom stereocenters. The van der Waals surface area contributed by atoms with Gasteiger partial charge in [0.1, 0.15) is 11.5 Å². The van der Waals surface area contributed by atoms with Crippen molar-refractivity contribution in [3.63, 3.8) is 0 Å². The Kier molecular flexibility index (Phi) is 10.7. The third-order valence-electron chi connectivity index (χ3n) is 8.12. The van der Waals surface area contributed by atoms with E-state index in [4.69, 9.17) is 20.2 Å². The van der Waals surface area contributed by atoms with E-state index in [1.807, 2.05) is 12.3 Å². The monoisotopic (exact) mass is 550 g/mol. The van der Waals surface area contributed by atoms with E-state index in [2.05, 4.69) is 61.3 Å². The van der Waals surface area contributed by atoms with Gasteiger partial charge in [-0.2, -0.15) is 0 Å². The van der Waals surface area contributed by atoms with Crippen LogP contribution in [0.5, 0.6) is 0 Å². The molecule has 3 fully saturated rings. The number of nitrogens with two attached hydrogens (primary N) is 1. The first kappa shape index (κ1) is 28.9. The molecule has 3 aliphatic heterocycles. The average Bonchev–Trinajstić information content (AvgIpc) is 3.44. The number of hydrogen-bond acceptors (Lipinski definition) is 9. The molecule has 3 aromatic heterocycles. The van der Waals surface area contributed by atoms with Crippen molar-refractivity contribution >= 4 is 16.9 Å². The fourth-order valence-electron chi connectivity index (χ4n) is 5.67. The summed E-state index contributed by atoms with van der Waals surface area (Å²) in [7, 11) is 2.20. The minimum Gasteiger partial charge on any atom is -0.379 e. The number of fused-ring (bicyclic) bond motifs is 1. The van der Waals surface area contributed by atoms with Crippen LogP contribution in [0.4, 0.5) is 5.82 Å². The predicted molar refractivity (Wildman–Crippen MR) is 161 cm³/mol. The van der Waals surface area contributed by atoms with Crippen LogP contribution in [0.15, 0.2) is 36.5 Å². The van der Waals surface area contributed by atoms with E-state index in [9.17, 15) is 0 Å². The van der Waals surface area contributed by atoms with Gasteiger partial charge in [-0.05, 0) is 57.2 Å². The topological polar surface area (TPSA) is 108 Å². The number of pyridine rings is 2. The molecule has 0 radical (unpaired) electrons. The Morgan fingerprint density at radius 1 is 0.950 bits per heavy atom. The Balaban J connectivity index is 0.000000306. The Morgan fingerprint density at radius 3 is 2.35 bits per heavy atom. The molecule has 0 saturated carbocycles. The first-order valence-corrected chi connectivity index (χ1v) is 14.9. The zero-order chi connectivity index (χ0) is 27.6. The number of hydrogen-bond donors (Lipinski definition) is 3. The van der Waals surface area contributed by atoms with E-state index >= 15 is 0 Å². The quantitative estimate of drug-likeness (QED) is 0.390. The number of aromatic amines is 1. The lowest BCUT2D eigenvalue weighted by Crippen LogP contribution is -2.39. The van der Waals surface area contributed by atoms with Crippen LogP contribution in [0.25, 0.3) is 22.3 Å². The molecular formula is C30H46N8O2. The van der Waals surface area contributed by atoms with Crippen molar-refractivity contribution in [1.82, 2.24) is 29.7 Å². The highest BCUT2D eigenvalue weighted by molar-refractivity contribution is 5.92. The van der Waals surface area contributed by atoms with Crippen LogP contribution in [-0.4, -0.2) is 129 Å². The van der Waals surface area contributed by atoms with E-state index in [1.54, 1.807) is 0 Å². The molecule has 0 atom stereocenters. The van der Waals surface area contributed by atoms with Crippen molar-refractivity contribution in [2.24, 2.45) is 5.73 Å². The van der Waals surface area contributed by atoms with E-state index in [-0.39, 0.29) is 0 Å². The zero-order valence-corrected chi connectivity index (χ0v) is 24.0. The van der Waals surface area contributed by atoms with Gasteiger partial charge in [-0.3, -0.25) is 9.80 Å². The standard InChI is InChI=1S/C24H32N6O.C6H14N2O/c1-29-10-6-18(7-11-29)22-17-20-19(5-8-26-24(20)28-22)21-3-2-4-23(27-21)25-9-12-30-13-15-31-16-14-30;7-1-2-8-3-5-9-6-4-8/h2-5,8,17-18H,6-7,9-16H2,1H3,(H,25,27)(H,26,28);1-7H2. The van der Waals surface area contributed by atoms with Crippen molar-refractivity contribution < 1.29 is 9.47 Å². The first-order chi connectivity index (χ1) is 19.7. The number of H-pyrrole nitrogens is 1. The Labute approximate surface area is 238 Å². The number of rotatable bonds is 8. The number of aromatic nitrogens is 3. The summed E-state index contributed by atoms with van der Waals surface area (Å²) in [4.78, 5) is 20.2. The largest absolute Gasteiger partial charge is 0.379 e. The van der Waals surface area contributed by atoms with Crippen LogP contribution < -0.4 is 11.1 Å². The molecule has 3 aromatic rings. The summed E-state index contributed by atoms with van der Waals surface area (Å²) in [5, 5.41) is 4.65. The van der Waals surface area contributed by atoms with Crippen LogP contribution >= 0.6 is 0 Å². The van der Waals surface area contributed by atoms with Gasteiger partial charge < -0.3 is 30.4 Å². The molecule has 0 bridgehead atoms. The number of ether oxygens (including phenoxy) is 2. The molecule has 6 heterocycles. The minimum absolute atomic E-state index is 0.583. The molecule has 6 rings (SSSR count). The van der Waals surface area contributed by atoms with Gasteiger partial charge in [0.05, 0.1) is 32.1 Å². The summed E-state index contributed by atoms with van der Waals surface area (Å²) < 4.78 is 10.6. The highest BCUT2D eigenvalue weighted by atomic mass is 16.5. The molecule has 3 aliphatic rings. The fraction of sp³-hybridized carbons (Fsp3) is 0.600. The lowest BCUT2D eigenvalue weighted by atomic mass is 9.93. The second-order valence-electron chi connectivity index (χ2n) is 11.0. The number of nitrogens with zero attached hydrogens (tertiary/aromatic N) is 5. The number of morpholine rings is 2. The molecule has 40 heavy (non-hydrogen) atoms. The maximum Gasteiger partial charge on any atom is 0.138 e. The lowest BCUT2D eigenvalue weighted by molar-refractivity contribution is 0.0394. The molecular weight excluding hydrogens is 504 g/mol. The Bertz CT molecular complexity index is 1160. The van der Waals surface area contributed by atoms with E-state index in [0.29, 0.717) is 5.92 Å². The van der Waals surface area contributed by atoms with Gasteiger partial charge in [0.25, 0.3) is 0 Å². The molecule has 0 aliphatic carbocycles. The van der Waals surface area contributed by atoms with Crippen LogP contribution in [0, 0.1) is 0 Å². The molecule has 3 saturated heterocycles. The van der Waals surface area contributed by atoms with Gasteiger partial charge in [-0.25, -0.2) is 9.97 Å². The van der Waals surface area contributed by atoms with Gasteiger partial charge in [0.15, 0.2) is 0 Å². The summed E-state index contributed by atoms with van der Waals surface area (Å²) in [5.74, 6) is 1.50. The summed E-state index contributed by atoms with van der Waals surface area (Å²) in [6, 6.07) is 10.6. The summed E-state index contributed by atoms with van der Waals surface area (Å²) in [6.45, 7) is 13.5. The Hall–Kier alpha value is -2.60. The van der Waals surface area contributed by atoms with Crippen molar-refractivity contribution in [3.05, 3.63) is 42.2 Å². The van der Waals surface area contributed by atoms with E-state index in [1.165, 1.54) is 18.5 Å². The minimum atomic E-state index is 0.583.